The standard InChI is InChI=1S/C24H31ClN2O3/c1-5-12-26-24(29)21(6-2)27(15-19-10-8-7-9-11-19)22(28)16-30-20-13-17(3)23(25)18(4)14-20/h7-11,13-14,21H,5-6,12,15-16H2,1-4H3,(H,26,29)/t21-/m0/s1. The number of benzene rings is 2. The molecule has 2 amide bonds. The normalized spacial score (nSPS) is 11.6. The summed E-state index contributed by atoms with van der Waals surface area (Å²) < 4.78 is 5.78. The molecule has 0 heterocycles. The summed E-state index contributed by atoms with van der Waals surface area (Å²) in [5.41, 5.74) is 2.75. The molecule has 0 aliphatic rings. The molecule has 0 bridgehead atoms. The van der Waals surface area contributed by atoms with E-state index in [-0.39, 0.29) is 18.4 Å². The van der Waals surface area contributed by atoms with Crippen LogP contribution < -0.4 is 10.1 Å². The minimum Gasteiger partial charge on any atom is -0.484 e. The number of ether oxygens (including phenoxy) is 1. The minimum absolute atomic E-state index is 0.137. The van der Waals surface area contributed by atoms with Crippen molar-refractivity contribution in [2.45, 2.75) is 53.1 Å². The number of amides is 2. The first-order valence-electron chi connectivity index (χ1n) is 10.4. The van der Waals surface area contributed by atoms with Gasteiger partial charge in [-0.15, -0.1) is 0 Å². The molecule has 2 aromatic rings. The highest BCUT2D eigenvalue weighted by Crippen LogP contribution is 2.26. The van der Waals surface area contributed by atoms with E-state index in [2.05, 4.69) is 5.32 Å². The Kier molecular flexibility index (Phi) is 9.18. The van der Waals surface area contributed by atoms with Gasteiger partial charge in [-0.05, 0) is 55.5 Å². The lowest BCUT2D eigenvalue weighted by Gasteiger charge is -2.30. The fourth-order valence-electron chi connectivity index (χ4n) is 3.28. The number of nitrogens with one attached hydrogen (secondary N) is 1. The Labute approximate surface area is 184 Å². The number of hydrogen-bond donors (Lipinski definition) is 1. The largest absolute Gasteiger partial charge is 0.484 e. The molecule has 162 valence electrons. The van der Waals surface area contributed by atoms with Crippen LogP contribution >= 0.6 is 11.6 Å². The SMILES string of the molecule is CCCNC(=O)[C@H](CC)N(Cc1ccccc1)C(=O)COc1cc(C)c(Cl)c(C)c1. The number of halogens is 1. The number of rotatable bonds is 10. The highest BCUT2D eigenvalue weighted by molar-refractivity contribution is 6.32. The fourth-order valence-corrected chi connectivity index (χ4v) is 3.39. The first kappa shape index (κ1) is 23.7. The summed E-state index contributed by atoms with van der Waals surface area (Å²) in [6.45, 7) is 8.49. The molecular weight excluding hydrogens is 400 g/mol. The molecule has 5 nitrogen and oxygen atoms in total. The molecule has 30 heavy (non-hydrogen) atoms. The van der Waals surface area contributed by atoms with Crippen LogP contribution in [0.4, 0.5) is 0 Å². The van der Waals surface area contributed by atoms with E-state index in [1.165, 1.54) is 0 Å². The molecule has 1 N–H and O–H groups in total. The summed E-state index contributed by atoms with van der Waals surface area (Å²) in [7, 11) is 0. The number of carbonyl (C=O) groups is 2. The van der Waals surface area contributed by atoms with Gasteiger partial charge in [-0.3, -0.25) is 9.59 Å². The highest BCUT2D eigenvalue weighted by atomic mass is 35.5. The van der Waals surface area contributed by atoms with Crippen molar-refractivity contribution in [2.24, 2.45) is 0 Å². The highest BCUT2D eigenvalue weighted by Gasteiger charge is 2.28. The lowest BCUT2D eigenvalue weighted by Crippen LogP contribution is -2.50. The lowest BCUT2D eigenvalue weighted by molar-refractivity contribution is -0.143. The third kappa shape index (κ3) is 6.49. The van der Waals surface area contributed by atoms with Gasteiger partial charge in [0.25, 0.3) is 5.91 Å². The molecule has 0 fully saturated rings. The Bertz CT molecular complexity index is 832. The van der Waals surface area contributed by atoms with Crippen LogP contribution in [0, 0.1) is 13.8 Å². The number of aryl methyl sites for hydroxylation is 2. The van der Waals surface area contributed by atoms with E-state index >= 15 is 0 Å². The summed E-state index contributed by atoms with van der Waals surface area (Å²) >= 11 is 6.21. The first-order chi connectivity index (χ1) is 14.4. The van der Waals surface area contributed by atoms with Gasteiger partial charge in [-0.25, -0.2) is 0 Å². The summed E-state index contributed by atoms with van der Waals surface area (Å²) in [5.74, 6) is 0.218. The molecule has 0 unspecified atom stereocenters. The summed E-state index contributed by atoms with van der Waals surface area (Å²) in [4.78, 5) is 27.4. The van der Waals surface area contributed by atoms with Crippen molar-refractivity contribution in [3.05, 3.63) is 64.2 Å². The molecule has 0 saturated carbocycles. The van der Waals surface area contributed by atoms with Gasteiger partial charge < -0.3 is 15.0 Å². The van der Waals surface area contributed by atoms with Gasteiger partial charge in [0.05, 0.1) is 0 Å². The Morgan fingerprint density at radius 1 is 1.10 bits per heavy atom. The van der Waals surface area contributed by atoms with Gasteiger partial charge in [0, 0.05) is 18.1 Å². The zero-order chi connectivity index (χ0) is 22.1. The summed E-state index contributed by atoms with van der Waals surface area (Å²) in [5, 5.41) is 3.60. The smallest absolute Gasteiger partial charge is 0.261 e. The Hall–Kier alpha value is -2.53. The van der Waals surface area contributed by atoms with Crippen LogP contribution in [0.2, 0.25) is 5.02 Å². The number of nitrogens with zero attached hydrogens (tertiary/aromatic N) is 1. The van der Waals surface area contributed by atoms with Crippen molar-refractivity contribution < 1.29 is 14.3 Å². The molecule has 0 aliphatic carbocycles. The van der Waals surface area contributed by atoms with Crippen LogP contribution in [0.1, 0.15) is 43.4 Å². The molecule has 6 heteroatoms. The van der Waals surface area contributed by atoms with Crippen LogP contribution in [0.3, 0.4) is 0 Å². The number of carbonyl (C=O) groups excluding carboxylic acids is 2. The molecule has 1 atom stereocenters. The Balaban J connectivity index is 2.19. The molecule has 0 saturated heterocycles. The molecule has 0 spiro atoms. The van der Waals surface area contributed by atoms with Gasteiger partial charge >= 0.3 is 0 Å². The van der Waals surface area contributed by atoms with Gasteiger partial charge in [-0.1, -0.05) is 55.8 Å². The first-order valence-corrected chi connectivity index (χ1v) is 10.8. The van der Waals surface area contributed by atoms with Gasteiger partial charge in [0.15, 0.2) is 6.61 Å². The third-order valence-corrected chi connectivity index (χ3v) is 5.50. The average molecular weight is 431 g/mol. The zero-order valence-electron chi connectivity index (χ0n) is 18.2. The predicted molar refractivity (Wildman–Crippen MR) is 121 cm³/mol. The summed E-state index contributed by atoms with van der Waals surface area (Å²) in [6.07, 6.45) is 1.36. The van der Waals surface area contributed by atoms with E-state index in [0.717, 1.165) is 23.1 Å². The van der Waals surface area contributed by atoms with Crippen LogP contribution in [-0.2, 0) is 16.1 Å². The van der Waals surface area contributed by atoms with Crippen LogP contribution in [0.15, 0.2) is 42.5 Å². The third-order valence-electron chi connectivity index (χ3n) is 4.90. The molecule has 0 aliphatic heterocycles. The van der Waals surface area contributed by atoms with Gasteiger partial charge in [0.2, 0.25) is 5.91 Å². The molecule has 0 aromatic heterocycles. The maximum Gasteiger partial charge on any atom is 0.261 e. The van der Waals surface area contributed by atoms with Crippen LogP contribution in [0.5, 0.6) is 5.75 Å². The van der Waals surface area contributed by atoms with E-state index in [0.29, 0.717) is 30.3 Å². The second-order valence-corrected chi connectivity index (χ2v) is 7.76. The average Bonchev–Trinajstić information content (AvgIpc) is 2.74. The molecule has 0 radical (unpaired) electrons. The predicted octanol–water partition coefficient (Wildman–Crippen LogP) is 4.67. The van der Waals surface area contributed by atoms with Crippen molar-refractivity contribution in [3.63, 3.8) is 0 Å². The van der Waals surface area contributed by atoms with Crippen LogP contribution in [-0.4, -0.2) is 35.9 Å². The van der Waals surface area contributed by atoms with Crippen molar-refractivity contribution in [1.82, 2.24) is 10.2 Å². The van der Waals surface area contributed by atoms with Gasteiger partial charge in [-0.2, -0.15) is 0 Å². The monoisotopic (exact) mass is 430 g/mol. The van der Waals surface area contributed by atoms with Gasteiger partial charge in [0.1, 0.15) is 11.8 Å². The van der Waals surface area contributed by atoms with Crippen molar-refractivity contribution >= 4 is 23.4 Å². The number of hydrogen-bond acceptors (Lipinski definition) is 3. The van der Waals surface area contributed by atoms with Crippen LogP contribution in [0.25, 0.3) is 0 Å². The second-order valence-electron chi connectivity index (χ2n) is 7.38. The fraction of sp³-hybridized carbons (Fsp3) is 0.417. The lowest BCUT2D eigenvalue weighted by atomic mass is 10.1. The van der Waals surface area contributed by atoms with E-state index < -0.39 is 6.04 Å². The molecule has 2 aromatic carbocycles. The molecule has 2 rings (SSSR count). The second kappa shape index (κ2) is 11.6. The van der Waals surface area contributed by atoms with Crippen molar-refractivity contribution in [3.8, 4) is 5.75 Å². The quantitative estimate of drug-likeness (QED) is 0.595. The Morgan fingerprint density at radius 3 is 2.30 bits per heavy atom. The van der Waals surface area contributed by atoms with Crippen molar-refractivity contribution in [2.75, 3.05) is 13.2 Å². The minimum atomic E-state index is -0.554. The zero-order valence-corrected chi connectivity index (χ0v) is 19.0. The van der Waals surface area contributed by atoms with E-state index in [9.17, 15) is 9.59 Å². The maximum atomic E-state index is 13.1. The Morgan fingerprint density at radius 2 is 1.73 bits per heavy atom. The van der Waals surface area contributed by atoms with E-state index in [4.69, 9.17) is 16.3 Å². The maximum absolute atomic E-state index is 13.1. The molecular formula is C24H31ClN2O3. The van der Waals surface area contributed by atoms with E-state index in [1.54, 1.807) is 4.90 Å². The van der Waals surface area contributed by atoms with E-state index in [1.807, 2.05) is 70.2 Å². The van der Waals surface area contributed by atoms with Crippen molar-refractivity contribution in [1.29, 1.82) is 0 Å². The topological polar surface area (TPSA) is 58.6 Å². The summed E-state index contributed by atoms with van der Waals surface area (Å²) in [6, 6.07) is 12.7.